The molecule has 0 radical (unpaired) electrons. The lowest BCUT2D eigenvalue weighted by Gasteiger charge is -2.54. The Morgan fingerprint density at radius 2 is 1.85 bits per heavy atom. The molecule has 0 aromatic rings. The van der Waals surface area contributed by atoms with Crippen molar-refractivity contribution >= 4 is 17.5 Å². The Balaban J connectivity index is 1.77. The predicted octanol–water partition coefficient (Wildman–Crippen LogP) is 4.33. The van der Waals surface area contributed by atoms with Crippen LogP contribution in [-0.4, -0.2) is 23.1 Å². The van der Waals surface area contributed by atoms with E-state index in [4.69, 9.17) is 4.74 Å². The van der Waals surface area contributed by atoms with Crippen LogP contribution in [0.25, 0.3) is 0 Å². The van der Waals surface area contributed by atoms with Crippen LogP contribution < -0.4 is 0 Å². The fraction of sp³-hybridized carbons (Fsp3) is 0.696. The van der Waals surface area contributed by atoms with E-state index in [9.17, 15) is 14.4 Å². The molecule has 5 atom stereocenters. The molecule has 4 heteroatoms. The van der Waals surface area contributed by atoms with Crippen molar-refractivity contribution in [1.82, 2.24) is 0 Å². The second-order valence-corrected chi connectivity index (χ2v) is 9.52. The van der Waals surface area contributed by atoms with Gasteiger partial charge in [0.2, 0.25) is 0 Å². The molecule has 2 fully saturated rings. The van der Waals surface area contributed by atoms with E-state index in [-0.39, 0.29) is 28.4 Å². The third-order valence-corrected chi connectivity index (χ3v) is 8.34. The van der Waals surface area contributed by atoms with Gasteiger partial charge in [-0.2, -0.15) is 0 Å². The van der Waals surface area contributed by atoms with Gasteiger partial charge in [-0.25, -0.2) is 0 Å². The fourth-order valence-electron chi connectivity index (χ4n) is 6.92. The van der Waals surface area contributed by atoms with Gasteiger partial charge in [-0.15, -0.1) is 0 Å². The maximum atomic E-state index is 12.7. The van der Waals surface area contributed by atoms with E-state index in [0.717, 1.165) is 32.1 Å². The molecule has 5 unspecified atom stereocenters. The van der Waals surface area contributed by atoms with Crippen LogP contribution in [0.5, 0.6) is 0 Å². The highest BCUT2D eigenvalue weighted by Crippen LogP contribution is 2.66. The van der Waals surface area contributed by atoms with Crippen LogP contribution in [0.1, 0.15) is 72.6 Å². The smallest absolute Gasteiger partial charge is 0.303 e. The number of ether oxygens (including phenoxy) is 1. The van der Waals surface area contributed by atoms with Gasteiger partial charge >= 0.3 is 5.97 Å². The van der Waals surface area contributed by atoms with Crippen LogP contribution in [0.4, 0.5) is 0 Å². The molecule has 0 aliphatic heterocycles. The normalized spacial score (nSPS) is 43.0. The summed E-state index contributed by atoms with van der Waals surface area (Å²) in [6.45, 7) is 7.43. The van der Waals surface area contributed by atoms with Crippen LogP contribution in [0, 0.1) is 22.7 Å². The lowest BCUT2D eigenvalue weighted by molar-refractivity contribution is -0.180. The Hall–Kier alpha value is -1.71. The van der Waals surface area contributed by atoms with E-state index >= 15 is 0 Å². The van der Waals surface area contributed by atoms with Crippen molar-refractivity contribution in [2.24, 2.45) is 22.7 Å². The van der Waals surface area contributed by atoms with Crippen molar-refractivity contribution < 1.29 is 19.1 Å². The highest BCUT2D eigenvalue weighted by molar-refractivity contribution is 5.92. The molecule has 0 heterocycles. The summed E-state index contributed by atoms with van der Waals surface area (Å²) in [7, 11) is 0. The number of allylic oxidation sites excluding steroid dienone is 4. The molecule has 0 N–H and O–H groups in total. The second-order valence-electron chi connectivity index (χ2n) is 9.52. The summed E-state index contributed by atoms with van der Waals surface area (Å²) in [5.41, 5.74) is 1.41. The summed E-state index contributed by atoms with van der Waals surface area (Å²) >= 11 is 0. The molecule has 4 nitrogen and oxygen atoms in total. The van der Waals surface area contributed by atoms with E-state index in [2.05, 4.69) is 19.9 Å². The van der Waals surface area contributed by atoms with Crippen LogP contribution >= 0.6 is 0 Å². The minimum Gasteiger partial charge on any atom is -0.451 e. The lowest BCUT2D eigenvalue weighted by atomic mass is 9.50. The van der Waals surface area contributed by atoms with Gasteiger partial charge in [0.15, 0.2) is 17.2 Å². The third kappa shape index (κ3) is 2.37. The van der Waals surface area contributed by atoms with E-state index in [1.165, 1.54) is 18.1 Å². The quantitative estimate of drug-likeness (QED) is 0.536. The van der Waals surface area contributed by atoms with Crippen LogP contribution in [0.3, 0.4) is 0 Å². The average Bonchev–Trinajstić information content (AvgIpc) is 2.89. The molecule has 0 aromatic heterocycles. The molecule has 0 aromatic carbocycles. The van der Waals surface area contributed by atoms with E-state index in [1.807, 2.05) is 6.08 Å². The number of hydrogen-bond acceptors (Lipinski definition) is 4. The summed E-state index contributed by atoms with van der Waals surface area (Å²) in [6, 6.07) is 0. The molecule has 4 rings (SSSR count). The van der Waals surface area contributed by atoms with Crippen molar-refractivity contribution in [1.29, 1.82) is 0 Å². The SMILES string of the molecule is CC(=O)OC1(C(C)=O)CCC2C3CCC4=CC(=O)CCC4(C)C3=CCC21C. The van der Waals surface area contributed by atoms with Crippen LogP contribution in [0.2, 0.25) is 0 Å². The zero-order valence-corrected chi connectivity index (χ0v) is 16.9. The standard InChI is InChI=1S/C23H30O4/c1-14(24)23(27-15(2)25)12-9-20-18-6-5-16-13-17(26)7-10-21(16,3)19(18)8-11-22(20,23)4/h8,13,18,20H,5-7,9-12H2,1-4H3. The fourth-order valence-corrected chi connectivity index (χ4v) is 6.92. The molecular formula is C23H30O4. The maximum absolute atomic E-state index is 12.7. The number of Topliss-reactive ketones (excluding diaryl/α,β-unsaturated/α-hetero) is 1. The first-order valence-electron chi connectivity index (χ1n) is 10.3. The van der Waals surface area contributed by atoms with Gasteiger partial charge in [0.1, 0.15) is 0 Å². The summed E-state index contributed by atoms with van der Waals surface area (Å²) in [4.78, 5) is 36.5. The van der Waals surface area contributed by atoms with Crippen molar-refractivity contribution in [3.05, 3.63) is 23.3 Å². The largest absolute Gasteiger partial charge is 0.451 e. The van der Waals surface area contributed by atoms with Crippen molar-refractivity contribution in [2.45, 2.75) is 78.2 Å². The number of carbonyl (C=O) groups is 3. The number of carbonyl (C=O) groups excluding carboxylic acids is 3. The number of fused-ring (bicyclic) bond motifs is 5. The van der Waals surface area contributed by atoms with Crippen molar-refractivity contribution in [3.8, 4) is 0 Å². The molecule has 0 amide bonds. The molecule has 2 saturated carbocycles. The highest BCUT2D eigenvalue weighted by atomic mass is 16.6. The first kappa shape index (κ1) is 18.6. The lowest BCUT2D eigenvalue weighted by Crippen LogP contribution is -2.56. The molecular weight excluding hydrogens is 340 g/mol. The first-order chi connectivity index (χ1) is 12.6. The second kappa shape index (κ2) is 5.89. The first-order valence-corrected chi connectivity index (χ1v) is 10.3. The van der Waals surface area contributed by atoms with Gasteiger partial charge in [-0.05, 0) is 63.4 Å². The Labute approximate surface area is 161 Å². The summed E-state index contributed by atoms with van der Waals surface area (Å²) < 4.78 is 5.78. The third-order valence-electron chi connectivity index (χ3n) is 8.34. The topological polar surface area (TPSA) is 60.4 Å². The molecule has 0 spiro atoms. The molecule has 0 saturated heterocycles. The van der Waals surface area contributed by atoms with Gasteiger partial charge in [-0.1, -0.05) is 31.1 Å². The average molecular weight is 370 g/mol. The van der Waals surface area contributed by atoms with Gasteiger partial charge < -0.3 is 4.74 Å². The van der Waals surface area contributed by atoms with Crippen molar-refractivity contribution in [3.63, 3.8) is 0 Å². The Morgan fingerprint density at radius 3 is 2.52 bits per heavy atom. The Kier molecular flexibility index (Phi) is 4.07. The zero-order chi connectivity index (χ0) is 19.6. The highest BCUT2D eigenvalue weighted by Gasteiger charge is 2.66. The monoisotopic (exact) mass is 370 g/mol. The van der Waals surface area contributed by atoms with E-state index in [1.54, 1.807) is 6.92 Å². The van der Waals surface area contributed by atoms with Crippen LogP contribution in [0.15, 0.2) is 23.3 Å². The van der Waals surface area contributed by atoms with Gasteiger partial charge in [0.05, 0.1) is 0 Å². The predicted molar refractivity (Wildman–Crippen MR) is 102 cm³/mol. The minimum absolute atomic E-state index is 0.0128. The molecule has 0 bridgehead atoms. The molecule has 4 aliphatic rings. The maximum Gasteiger partial charge on any atom is 0.303 e. The molecule has 146 valence electrons. The Bertz CT molecular complexity index is 790. The molecule has 4 aliphatic carbocycles. The summed E-state index contributed by atoms with van der Waals surface area (Å²) in [5, 5.41) is 0. The number of esters is 1. The molecule has 27 heavy (non-hydrogen) atoms. The van der Waals surface area contributed by atoms with E-state index < -0.39 is 5.60 Å². The van der Waals surface area contributed by atoms with Gasteiger partial charge in [0.25, 0.3) is 0 Å². The number of hydrogen-bond donors (Lipinski definition) is 0. The number of ketones is 2. The minimum atomic E-state index is -0.995. The Morgan fingerprint density at radius 1 is 1.11 bits per heavy atom. The summed E-state index contributed by atoms with van der Waals surface area (Å²) in [6.07, 6.45) is 10.0. The van der Waals surface area contributed by atoms with Crippen molar-refractivity contribution in [2.75, 3.05) is 0 Å². The van der Waals surface area contributed by atoms with Gasteiger partial charge in [-0.3, -0.25) is 14.4 Å². The summed E-state index contributed by atoms with van der Waals surface area (Å²) in [5.74, 6) is 0.625. The van der Waals surface area contributed by atoms with Gasteiger partial charge in [0, 0.05) is 24.2 Å². The zero-order valence-electron chi connectivity index (χ0n) is 16.9. The van der Waals surface area contributed by atoms with E-state index in [0.29, 0.717) is 24.7 Å². The van der Waals surface area contributed by atoms with Crippen LogP contribution in [-0.2, 0) is 19.1 Å². The number of rotatable bonds is 2.